The van der Waals surface area contributed by atoms with Gasteiger partial charge < -0.3 is 15.0 Å². The lowest BCUT2D eigenvalue weighted by molar-refractivity contribution is -0.142. The minimum absolute atomic E-state index is 0.0211. The van der Waals surface area contributed by atoms with E-state index in [1.54, 1.807) is 13.1 Å². The first-order valence-electron chi connectivity index (χ1n) is 7.77. The Hall–Kier alpha value is -2.11. The number of carbonyl (C=O) groups is 1. The number of nitrogens with one attached hydrogen (secondary N) is 1. The second-order valence-corrected chi connectivity index (χ2v) is 6.66. The van der Waals surface area contributed by atoms with E-state index >= 15 is 0 Å². The zero-order chi connectivity index (χ0) is 17.6. The maximum Gasteiger partial charge on any atom is 0.332 e. The summed E-state index contributed by atoms with van der Waals surface area (Å²) in [5.74, 6) is 0.315. The Morgan fingerprint density at radius 3 is 2.57 bits per heavy atom. The Labute approximate surface area is 139 Å². The van der Waals surface area contributed by atoms with Gasteiger partial charge in [-0.25, -0.2) is 14.8 Å². The van der Waals surface area contributed by atoms with Crippen LogP contribution in [0.2, 0.25) is 0 Å². The molecule has 0 spiro atoms. The van der Waals surface area contributed by atoms with Crippen LogP contribution >= 0.6 is 0 Å². The predicted octanol–water partition coefficient (Wildman–Crippen LogP) is 2.80. The highest BCUT2D eigenvalue weighted by Gasteiger charge is 2.19. The van der Waals surface area contributed by atoms with E-state index in [1.165, 1.54) is 0 Å². The summed E-state index contributed by atoms with van der Waals surface area (Å²) in [6.07, 6.45) is 5.51. The number of hydrogen-bond acceptors (Lipinski definition) is 6. The highest BCUT2D eigenvalue weighted by molar-refractivity contribution is 5.81. The van der Waals surface area contributed by atoms with Crippen molar-refractivity contribution in [2.24, 2.45) is 5.41 Å². The van der Waals surface area contributed by atoms with Crippen LogP contribution in [0.1, 0.15) is 33.4 Å². The average Bonchev–Trinajstić information content (AvgIpc) is 2.43. The predicted molar refractivity (Wildman–Crippen MR) is 93.7 cm³/mol. The van der Waals surface area contributed by atoms with E-state index < -0.39 is 6.04 Å². The highest BCUT2D eigenvalue weighted by atomic mass is 16.5. The maximum absolute atomic E-state index is 12.2. The maximum atomic E-state index is 12.2. The van der Waals surface area contributed by atoms with Gasteiger partial charge in [-0.05, 0) is 19.3 Å². The summed E-state index contributed by atoms with van der Waals surface area (Å²) < 4.78 is 5.14. The molecule has 0 saturated carbocycles. The summed E-state index contributed by atoms with van der Waals surface area (Å²) in [5, 5.41) is 3.17. The van der Waals surface area contributed by atoms with Crippen LogP contribution in [0.3, 0.4) is 0 Å². The van der Waals surface area contributed by atoms with Crippen molar-refractivity contribution in [3.63, 3.8) is 0 Å². The van der Waals surface area contributed by atoms with E-state index in [4.69, 9.17) is 4.74 Å². The quantitative estimate of drug-likeness (QED) is 0.642. The Kier molecular flexibility index (Phi) is 6.54. The fourth-order valence-electron chi connectivity index (χ4n) is 1.78. The van der Waals surface area contributed by atoms with Crippen LogP contribution in [0.5, 0.6) is 0 Å². The van der Waals surface area contributed by atoms with Gasteiger partial charge >= 0.3 is 5.97 Å². The first-order chi connectivity index (χ1) is 10.6. The van der Waals surface area contributed by atoms with Gasteiger partial charge in [-0.3, -0.25) is 0 Å². The van der Waals surface area contributed by atoms with Gasteiger partial charge in [0.25, 0.3) is 0 Å². The minimum atomic E-state index is -0.568. The Bertz CT molecular complexity index is 562. The van der Waals surface area contributed by atoms with Crippen LogP contribution in [0.15, 0.2) is 18.3 Å². The second kappa shape index (κ2) is 7.94. The zero-order valence-electron chi connectivity index (χ0n) is 15.2. The lowest BCUT2D eigenvalue weighted by Gasteiger charge is -2.19. The number of aryl methyl sites for hydroxylation is 1. The molecular weight excluding hydrogens is 292 g/mol. The van der Waals surface area contributed by atoms with Crippen molar-refractivity contribution < 1.29 is 9.53 Å². The van der Waals surface area contributed by atoms with Crippen LogP contribution < -0.4 is 10.2 Å². The van der Waals surface area contributed by atoms with Crippen molar-refractivity contribution in [3.05, 3.63) is 24.0 Å². The summed E-state index contributed by atoms with van der Waals surface area (Å²) in [6.45, 7) is 10.2. The molecule has 0 amide bonds. The summed E-state index contributed by atoms with van der Waals surface area (Å²) >= 11 is 0. The molecule has 0 radical (unpaired) electrons. The lowest BCUT2D eigenvalue weighted by atomic mass is 9.95. The first-order valence-corrected chi connectivity index (χ1v) is 7.77. The molecule has 0 fully saturated rings. The molecule has 0 aliphatic carbocycles. The van der Waals surface area contributed by atoms with Gasteiger partial charge in [-0.15, -0.1) is 0 Å². The molecule has 0 bridgehead atoms. The number of aromatic nitrogens is 2. The van der Waals surface area contributed by atoms with Crippen LogP contribution in [-0.4, -0.2) is 42.7 Å². The van der Waals surface area contributed by atoms with Crippen molar-refractivity contribution in [1.29, 1.82) is 0 Å². The largest absolute Gasteiger partial charge is 0.464 e. The molecule has 1 unspecified atom stereocenters. The van der Waals surface area contributed by atoms with Gasteiger partial charge in [0.2, 0.25) is 5.95 Å². The molecule has 0 aromatic carbocycles. The Balaban J connectivity index is 3.01. The number of ether oxygens (including phenoxy) is 1. The third kappa shape index (κ3) is 6.26. The number of allylic oxidation sites excluding steroid dienone is 1. The number of nitrogens with zero attached hydrogens (tertiary/aromatic N) is 3. The topological polar surface area (TPSA) is 67.3 Å². The smallest absolute Gasteiger partial charge is 0.332 e. The molecule has 0 aliphatic heterocycles. The number of anilines is 2. The molecule has 0 aliphatic rings. The van der Waals surface area contributed by atoms with Gasteiger partial charge in [0.1, 0.15) is 6.04 Å². The van der Waals surface area contributed by atoms with Crippen LogP contribution in [0, 0.1) is 12.3 Å². The van der Waals surface area contributed by atoms with E-state index in [0.29, 0.717) is 18.2 Å². The summed E-state index contributed by atoms with van der Waals surface area (Å²) in [4.78, 5) is 22.7. The van der Waals surface area contributed by atoms with E-state index in [9.17, 15) is 4.79 Å². The molecule has 1 N–H and O–H groups in total. The van der Waals surface area contributed by atoms with Crippen LogP contribution in [0.4, 0.5) is 11.6 Å². The first kappa shape index (κ1) is 18.9. The van der Waals surface area contributed by atoms with Crippen molar-refractivity contribution in [3.8, 4) is 0 Å². The van der Waals surface area contributed by atoms with Gasteiger partial charge in [-0.2, -0.15) is 0 Å². The summed E-state index contributed by atoms with van der Waals surface area (Å²) in [6, 6.07) is -0.568. The van der Waals surface area contributed by atoms with Gasteiger partial charge in [0.15, 0.2) is 0 Å². The number of hydrogen-bond donors (Lipinski definition) is 1. The van der Waals surface area contributed by atoms with Gasteiger partial charge in [0.05, 0.1) is 24.2 Å². The highest BCUT2D eigenvalue weighted by Crippen LogP contribution is 2.18. The molecule has 1 heterocycles. The van der Waals surface area contributed by atoms with Gasteiger partial charge in [0, 0.05) is 14.1 Å². The Morgan fingerprint density at radius 1 is 1.43 bits per heavy atom. The molecule has 128 valence electrons. The fourth-order valence-corrected chi connectivity index (χ4v) is 1.78. The molecule has 1 atom stereocenters. The van der Waals surface area contributed by atoms with E-state index in [-0.39, 0.29) is 11.4 Å². The van der Waals surface area contributed by atoms with Crippen LogP contribution in [-0.2, 0) is 9.53 Å². The second-order valence-electron chi connectivity index (χ2n) is 6.66. The normalized spacial score (nSPS) is 13.0. The number of carbonyl (C=O) groups excluding carboxylic acids is 1. The molecule has 1 aromatic heterocycles. The third-order valence-electron chi connectivity index (χ3n) is 3.01. The molecule has 0 saturated heterocycles. The molecular formula is C17H28N4O2. The number of rotatable bonds is 6. The molecule has 23 heavy (non-hydrogen) atoms. The van der Waals surface area contributed by atoms with Crippen LogP contribution in [0.25, 0.3) is 0 Å². The summed E-state index contributed by atoms with van der Waals surface area (Å²) in [5.41, 5.74) is 1.47. The third-order valence-corrected chi connectivity index (χ3v) is 3.01. The average molecular weight is 320 g/mol. The van der Waals surface area contributed by atoms with Crippen molar-refractivity contribution in [2.45, 2.75) is 40.7 Å². The molecule has 1 aromatic rings. The number of esters is 1. The van der Waals surface area contributed by atoms with E-state index in [0.717, 1.165) is 5.69 Å². The monoisotopic (exact) mass is 320 g/mol. The zero-order valence-corrected chi connectivity index (χ0v) is 15.2. The lowest BCUT2D eigenvalue weighted by Crippen LogP contribution is -2.30. The molecule has 1 rings (SSSR count). The fraction of sp³-hybridized carbons (Fsp3) is 0.588. The molecule has 6 heteroatoms. The minimum Gasteiger partial charge on any atom is -0.464 e. The van der Waals surface area contributed by atoms with Crippen molar-refractivity contribution in [2.75, 3.05) is 30.9 Å². The van der Waals surface area contributed by atoms with Gasteiger partial charge in [-0.1, -0.05) is 32.9 Å². The van der Waals surface area contributed by atoms with Crippen molar-refractivity contribution >= 4 is 17.6 Å². The summed E-state index contributed by atoms with van der Waals surface area (Å²) in [7, 11) is 3.77. The van der Waals surface area contributed by atoms with E-state index in [1.807, 2.05) is 38.1 Å². The SMILES string of the molecule is CCOC(=O)C(/C=C/C(C)(C)C)Nc1cnc(N(C)C)nc1C. The Morgan fingerprint density at radius 2 is 2.09 bits per heavy atom. The van der Waals surface area contributed by atoms with Crippen molar-refractivity contribution in [1.82, 2.24) is 9.97 Å². The van der Waals surface area contributed by atoms with E-state index in [2.05, 4.69) is 36.1 Å². The standard InChI is InChI=1S/C17H28N4O2/c1-8-23-15(22)13(9-10-17(3,4)5)20-14-11-18-16(21(6)7)19-12(14)2/h9-11,13,20H,8H2,1-7H3/b10-9+. The molecule has 6 nitrogen and oxygen atoms in total.